The Bertz CT molecular complexity index is 4570. The molecule has 1 unspecified atom stereocenters. The van der Waals surface area contributed by atoms with Crippen LogP contribution in [0.4, 0.5) is 17.1 Å². The van der Waals surface area contributed by atoms with Gasteiger partial charge in [0.25, 0.3) is 0 Å². The van der Waals surface area contributed by atoms with Gasteiger partial charge in [-0.3, -0.25) is 0 Å². The van der Waals surface area contributed by atoms with Crippen LogP contribution in [0.25, 0.3) is 93.9 Å². The zero-order chi connectivity index (χ0) is 50.3. The Balaban J connectivity index is 0.921. The van der Waals surface area contributed by atoms with Crippen LogP contribution in [-0.4, -0.2) is 4.57 Å². The van der Waals surface area contributed by atoms with E-state index in [0.29, 0.717) is 0 Å². The third-order valence-corrected chi connectivity index (χ3v) is 17.4. The van der Waals surface area contributed by atoms with Gasteiger partial charge in [0.1, 0.15) is 0 Å². The number of para-hydroxylation sites is 4. The fourth-order valence-corrected chi connectivity index (χ4v) is 14.1. The molecule has 3 aliphatic rings. The number of hydrogen-bond donors (Lipinski definition) is 0. The Morgan fingerprint density at radius 2 is 0.868 bits per heavy atom. The minimum atomic E-state index is -0.544. The van der Waals surface area contributed by atoms with Crippen LogP contribution in [0.2, 0.25) is 0 Å². The van der Waals surface area contributed by atoms with E-state index in [2.05, 4.69) is 290 Å². The van der Waals surface area contributed by atoms with E-state index >= 15 is 0 Å². The van der Waals surface area contributed by atoms with Crippen molar-refractivity contribution in [2.45, 2.75) is 24.7 Å². The van der Waals surface area contributed by atoms with Crippen molar-refractivity contribution in [1.82, 2.24) is 4.57 Å². The van der Waals surface area contributed by atoms with Crippen molar-refractivity contribution in [2.24, 2.45) is 0 Å². The number of hydrogen-bond acceptors (Lipinski definition) is 1. The molecule has 12 aromatic carbocycles. The van der Waals surface area contributed by atoms with E-state index in [1.807, 2.05) is 0 Å². The number of rotatable bonds is 6. The molecule has 2 aliphatic carbocycles. The van der Waals surface area contributed by atoms with Crippen LogP contribution in [0.15, 0.2) is 267 Å². The summed E-state index contributed by atoms with van der Waals surface area (Å²) in [6, 6.07) is 100. The SMILES string of the molecule is CC1(C)c2ccccc2-c2ccc(N(c3ccccc3-c3cccc(-c4ccccc4)c3)c3ccc(-c4ccc5c(c4)C4(c6ccccc6-5)c5ccccc5-n5c6ccccc6c6cccc4c65)c4ccccc34)cc21. The van der Waals surface area contributed by atoms with Gasteiger partial charge in [0.05, 0.1) is 33.5 Å². The fourth-order valence-electron chi connectivity index (χ4n) is 14.1. The van der Waals surface area contributed by atoms with E-state index in [1.165, 1.54) is 127 Å². The van der Waals surface area contributed by atoms with Crippen molar-refractivity contribution >= 4 is 49.6 Å². The van der Waals surface area contributed by atoms with Gasteiger partial charge >= 0.3 is 0 Å². The first kappa shape index (κ1) is 43.0. The van der Waals surface area contributed by atoms with Gasteiger partial charge in [0, 0.05) is 32.8 Å². The molecule has 16 rings (SSSR count). The summed E-state index contributed by atoms with van der Waals surface area (Å²) in [5.74, 6) is 0. The van der Waals surface area contributed by atoms with Gasteiger partial charge in [-0.25, -0.2) is 0 Å². The summed E-state index contributed by atoms with van der Waals surface area (Å²) in [7, 11) is 0. The molecule has 1 aromatic heterocycles. The van der Waals surface area contributed by atoms with E-state index in [4.69, 9.17) is 0 Å². The molecule has 0 radical (unpaired) electrons. The van der Waals surface area contributed by atoms with Crippen LogP contribution in [0.5, 0.6) is 0 Å². The fraction of sp³-hybridized carbons (Fsp3) is 0.0541. The molecule has 2 heteroatoms. The van der Waals surface area contributed by atoms with Crippen molar-refractivity contribution in [3.05, 3.63) is 300 Å². The molecule has 1 atom stereocenters. The molecule has 0 N–H and O–H groups in total. The van der Waals surface area contributed by atoms with Gasteiger partial charge in [-0.2, -0.15) is 0 Å². The first-order chi connectivity index (χ1) is 37.5. The first-order valence-corrected chi connectivity index (χ1v) is 26.7. The second-order valence-corrected chi connectivity index (χ2v) is 21.5. The third-order valence-electron chi connectivity index (χ3n) is 17.4. The predicted molar refractivity (Wildman–Crippen MR) is 318 cm³/mol. The van der Waals surface area contributed by atoms with Gasteiger partial charge in [-0.15, -0.1) is 0 Å². The Morgan fingerprint density at radius 1 is 0.303 bits per heavy atom. The minimum absolute atomic E-state index is 0.172. The minimum Gasteiger partial charge on any atom is -0.309 e. The van der Waals surface area contributed by atoms with Crippen LogP contribution in [0, 0.1) is 0 Å². The molecular weight excluding hydrogens is 917 g/mol. The number of nitrogens with zero attached hydrogens (tertiary/aromatic N) is 2. The van der Waals surface area contributed by atoms with Crippen molar-refractivity contribution in [3.63, 3.8) is 0 Å². The van der Waals surface area contributed by atoms with Crippen LogP contribution >= 0.6 is 0 Å². The number of benzene rings is 12. The van der Waals surface area contributed by atoms with Crippen LogP contribution in [-0.2, 0) is 10.8 Å². The maximum absolute atomic E-state index is 2.54. The van der Waals surface area contributed by atoms with E-state index in [1.54, 1.807) is 0 Å². The second-order valence-electron chi connectivity index (χ2n) is 21.5. The lowest BCUT2D eigenvalue weighted by Gasteiger charge is -2.39. The third kappa shape index (κ3) is 5.81. The zero-order valence-electron chi connectivity index (χ0n) is 42.3. The summed E-state index contributed by atoms with van der Waals surface area (Å²) < 4.78 is 2.53. The lowest BCUT2D eigenvalue weighted by Crippen LogP contribution is -2.33. The Morgan fingerprint density at radius 3 is 1.72 bits per heavy atom. The lowest BCUT2D eigenvalue weighted by molar-refractivity contribution is 0.660. The number of fused-ring (bicyclic) bond motifs is 16. The molecular formula is C74H50N2. The summed E-state index contributed by atoms with van der Waals surface area (Å²) >= 11 is 0. The average molecular weight is 967 g/mol. The Kier molecular flexibility index (Phi) is 9.04. The highest BCUT2D eigenvalue weighted by Gasteiger charge is 2.51. The normalized spacial score (nSPS) is 15.1. The number of aromatic nitrogens is 1. The highest BCUT2D eigenvalue weighted by molar-refractivity contribution is 6.13. The number of anilines is 3. The summed E-state index contributed by atoms with van der Waals surface area (Å²) in [6.45, 7) is 4.76. The predicted octanol–water partition coefficient (Wildman–Crippen LogP) is 19.4. The molecule has 13 aromatic rings. The molecule has 0 amide bonds. The molecule has 76 heavy (non-hydrogen) atoms. The molecule has 0 saturated carbocycles. The van der Waals surface area contributed by atoms with Gasteiger partial charge < -0.3 is 9.47 Å². The summed E-state index contributed by atoms with van der Waals surface area (Å²) in [4.78, 5) is 2.53. The van der Waals surface area contributed by atoms with Gasteiger partial charge in [-0.05, 0) is 137 Å². The molecule has 2 heterocycles. The standard InChI is InChI=1S/C74H50N2/c1-73(2)62-31-12-8-26-55(62)57-41-39-51(46-66(57)73)75(68-35-15-10-24-53(68)49-23-18-22-48(44-49)47-20-4-3-5-21-47)70-43-42-52(54-25-6-7-28-59(54)70)50-38-40-58-56-27-9-13-32-63(56)74(67(58)45-50)64-33-14-17-37-71(64)76-69-36-16-11-29-60(69)61-30-19-34-65(74)72(61)76/h3-46H,1-2H3. The van der Waals surface area contributed by atoms with Crippen molar-refractivity contribution in [2.75, 3.05) is 4.90 Å². The summed E-state index contributed by atoms with van der Waals surface area (Å²) in [6.07, 6.45) is 0. The smallest absolute Gasteiger partial charge is 0.0754 e. The Hall–Kier alpha value is -9.50. The maximum Gasteiger partial charge on any atom is 0.0754 e. The summed E-state index contributed by atoms with van der Waals surface area (Å²) in [5, 5.41) is 4.96. The lowest BCUT2D eigenvalue weighted by atomic mass is 9.65. The van der Waals surface area contributed by atoms with Gasteiger partial charge in [0.15, 0.2) is 0 Å². The van der Waals surface area contributed by atoms with Crippen molar-refractivity contribution in [3.8, 4) is 61.3 Å². The molecule has 2 nitrogen and oxygen atoms in total. The van der Waals surface area contributed by atoms with Crippen LogP contribution in [0.1, 0.15) is 47.2 Å². The summed E-state index contributed by atoms with van der Waals surface area (Å²) in [5.41, 5.74) is 26.8. The molecule has 1 aliphatic heterocycles. The molecule has 0 bridgehead atoms. The van der Waals surface area contributed by atoms with Gasteiger partial charge in [0.2, 0.25) is 0 Å². The highest BCUT2D eigenvalue weighted by Crippen LogP contribution is 2.62. The van der Waals surface area contributed by atoms with Crippen molar-refractivity contribution < 1.29 is 0 Å². The van der Waals surface area contributed by atoms with E-state index in [9.17, 15) is 0 Å². The molecule has 0 saturated heterocycles. The van der Waals surface area contributed by atoms with E-state index in [-0.39, 0.29) is 5.41 Å². The average Bonchev–Trinajstić information content (AvgIpc) is 4.18. The topological polar surface area (TPSA) is 8.17 Å². The zero-order valence-corrected chi connectivity index (χ0v) is 42.3. The second kappa shape index (κ2) is 16.0. The first-order valence-electron chi connectivity index (χ1n) is 26.7. The maximum atomic E-state index is 2.54. The van der Waals surface area contributed by atoms with Crippen LogP contribution in [0.3, 0.4) is 0 Å². The largest absolute Gasteiger partial charge is 0.309 e. The van der Waals surface area contributed by atoms with Crippen molar-refractivity contribution in [1.29, 1.82) is 0 Å². The monoisotopic (exact) mass is 966 g/mol. The van der Waals surface area contributed by atoms with Gasteiger partial charge in [-0.1, -0.05) is 232 Å². The molecule has 356 valence electrons. The Labute approximate surface area is 443 Å². The molecule has 0 fully saturated rings. The van der Waals surface area contributed by atoms with Crippen LogP contribution < -0.4 is 4.90 Å². The molecule has 1 spiro atoms. The van der Waals surface area contributed by atoms with E-state index < -0.39 is 5.41 Å². The quantitative estimate of drug-likeness (QED) is 0.161. The highest BCUT2D eigenvalue weighted by atomic mass is 15.1. The van der Waals surface area contributed by atoms with E-state index in [0.717, 1.165) is 17.1 Å².